The lowest BCUT2D eigenvalue weighted by molar-refractivity contribution is 0.414. The minimum atomic E-state index is 0.648. The van der Waals surface area contributed by atoms with Crippen molar-refractivity contribution >= 4 is 5.84 Å². The van der Waals surface area contributed by atoms with Gasteiger partial charge in [0.05, 0.1) is 0 Å². The van der Waals surface area contributed by atoms with Gasteiger partial charge in [-0.25, -0.2) is 4.99 Å². The number of allylic oxidation sites excluding steroid dienone is 2. The molecule has 1 aliphatic carbocycles. The maximum absolute atomic E-state index is 4.42. The van der Waals surface area contributed by atoms with Crippen molar-refractivity contribution in [1.82, 2.24) is 5.32 Å². The molecule has 0 bridgehead atoms. The number of nitrogens with zero attached hydrogens (tertiary/aromatic N) is 1. The minimum Gasteiger partial charge on any atom is -0.367 e. The van der Waals surface area contributed by atoms with Crippen molar-refractivity contribution in [3.05, 3.63) is 24.4 Å². The van der Waals surface area contributed by atoms with Crippen LogP contribution in [-0.2, 0) is 0 Å². The number of hydrogen-bond donors (Lipinski definition) is 1. The molecule has 2 nitrogen and oxygen atoms in total. The molecule has 1 heterocycles. The van der Waals surface area contributed by atoms with Crippen LogP contribution in [-0.4, -0.2) is 11.9 Å². The average molecular weight is 204 g/mol. The Kier molecular flexibility index (Phi) is 4.01. The minimum absolute atomic E-state index is 0.648. The highest BCUT2D eigenvalue weighted by Crippen LogP contribution is 2.17. The van der Waals surface area contributed by atoms with Gasteiger partial charge in [0.2, 0.25) is 0 Å². The lowest BCUT2D eigenvalue weighted by Crippen LogP contribution is -2.35. The molecule has 1 aliphatic heterocycles. The third-order valence-electron chi connectivity index (χ3n) is 3.05. The van der Waals surface area contributed by atoms with E-state index in [0.717, 1.165) is 18.7 Å². The van der Waals surface area contributed by atoms with Crippen molar-refractivity contribution in [1.29, 1.82) is 0 Å². The summed E-state index contributed by atoms with van der Waals surface area (Å²) in [6, 6.07) is 0.648. The Balaban J connectivity index is 1.90. The second-order valence-electron chi connectivity index (χ2n) is 4.36. The maximum Gasteiger partial charge on any atom is 0.125 e. The van der Waals surface area contributed by atoms with Crippen LogP contribution in [0.15, 0.2) is 29.4 Å². The van der Waals surface area contributed by atoms with Crippen molar-refractivity contribution in [2.24, 2.45) is 4.99 Å². The number of nitrogens with one attached hydrogen (secondary N) is 1. The summed E-state index contributed by atoms with van der Waals surface area (Å²) in [4.78, 5) is 4.42. The zero-order valence-electron chi connectivity index (χ0n) is 9.28. The molecule has 2 aliphatic rings. The van der Waals surface area contributed by atoms with Crippen LogP contribution in [0.3, 0.4) is 0 Å². The monoisotopic (exact) mass is 204 g/mol. The van der Waals surface area contributed by atoms with Crippen LogP contribution in [0, 0.1) is 0 Å². The zero-order chi connectivity index (χ0) is 10.3. The number of rotatable bonds is 1. The Hall–Kier alpha value is -1.05. The Morgan fingerprint density at radius 2 is 1.87 bits per heavy atom. The molecule has 1 N–H and O–H groups in total. The number of aliphatic imine (C=N–C) groups is 1. The number of amidine groups is 1. The Morgan fingerprint density at radius 3 is 2.73 bits per heavy atom. The smallest absolute Gasteiger partial charge is 0.125 e. The van der Waals surface area contributed by atoms with Gasteiger partial charge in [-0.3, -0.25) is 0 Å². The van der Waals surface area contributed by atoms with E-state index >= 15 is 0 Å². The molecule has 0 amide bonds. The molecule has 1 fully saturated rings. The molecular formula is C13H20N2. The van der Waals surface area contributed by atoms with Crippen molar-refractivity contribution in [3.8, 4) is 0 Å². The predicted octanol–water partition coefficient (Wildman–Crippen LogP) is 3.17. The lowest BCUT2D eigenvalue weighted by Gasteiger charge is -2.23. The van der Waals surface area contributed by atoms with Crippen molar-refractivity contribution in [3.63, 3.8) is 0 Å². The summed E-state index contributed by atoms with van der Waals surface area (Å²) >= 11 is 0. The second-order valence-corrected chi connectivity index (χ2v) is 4.36. The lowest BCUT2D eigenvalue weighted by atomic mass is 9.95. The van der Waals surface area contributed by atoms with E-state index < -0.39 is 0 Å². The first-order valence-electron chi connectivity index (χ1n) is 6.11. The third-order valence-corrected chi connectivity index (χ3v) is 3.05. The van der Waals surface area contributed by atoms with E-state index in [1.165, 1.54) is 32.1 Å². The standard InChI is InChI=1S/C13H20N2/c1-2-7-11-14-13(10-6-1)15-12-8-4-3-5-9-12/h6-7,10-12H,1-5,8-9H2,(H,14,15)/b10-6-,11-7-. The highest BCUT2D eigenvalue weighted by molar-refractivity contribution is 5.93. The molecule has 15 heavy (non-hydrogen) atoms. The average Bonchev–Trinajstić information content (AvgIpc) is 2.23. The summed E-state index contributed by atoms with van der Waals surface area (Å²) in [5.41, 5.74) is 0. The van der Waals surface area contributed by atoms with E-state index in [1.807, 2.05) is 6.20 Å². The highest BCUT2D eigenvalue weighted by Gasteiger charge is 2.13. The molecule has 0 atom stereocenters. The summed E-state index contributed by atoms with van der Waals surface area (Å²) in [6.07, 6.45) is 17.4. The van der Waals surface area contributed by atoms with E-state index in [2.05, 4.69) is 28.5 Å². The fraction of sp³-hybridized carbons (Fsp3) is 0.615. The molecule has 0 aromatic carbocycles. The first-order chi connectivity index (χ1) is 7.45. The molecule has 0 aromatic rings. The van der Waals surface area contributed by atoms with Crippen LogP contribution >= 0.6 is 0 Å². The molecule has 0 radical (unpaired) electrons. The summed E-state index contributed by atoms with van der Waals surface area (Å²) in [6.45, 7) is 0. The largest absolute Gasteiger partial charge is 0.367 e. The predicted molar refractivity (Wildman–Crippen MR) is 65.0 cm³/mol. The summed E-state index contributed by atoms with van der Waals surface area (Å²) in [5.74, 6) is 1.04. The Morgan fingerprint density at radius 1 is 1.07 bits per heavy atom. The normalized spacial score (nSPS) is 30.8. The molecule has 0 unspecified atom stereocenters. The SMILES string of the molecule is C1=C/N=C(NC2CCCCC2)\C=C/CC\1. The van der Waals surface area contributed by atoms with Crippen LogP contribution < -0.4 is 5.32 Å². The van der Waals surface area contributed by atoms with E-state index in [-0.39, 0.29) is 0 Å². The van der Waals surface area contributed by atoms with Gasteiger partial charge in [0, 0.05) is 12.2 Å². The van der Waals surface area contributed by atoms with Crippen LogP contribution in [0.2, 0.25) is 0 Å². The van der Waals surface area contributed by atoms with Gasteiger partial charge < -0.3 is 5.32 Å². The molecule has 82 valence electrons. The molecule has 0 spiro atoms. The van der Waals surface area contributed by atoms with E-state index in [4.69, 9.17) is 0 Å². The van der Waals surface area contributed by atoms with Crippen molar-refractivity contribution in [2.45, 2.75) is 51.0 Å². The first-order valence-corrected chi connectivity index (χ1v) is 6.11. The topological polar surface area (TPSA) is 24.4 Å². The summed E-state index contributed by atoms with van der Waals surface area (Å²) in [5, 5.41) is 3.54. The molecular weight excluding hydrogens is 184 g/mol. The fourth-order valence-corrected chi connectivity index (χ4v) is 2.18. The molecule has 2 heteroatoms. The highest BCUT2D eigenvalue weighted by atomic mass is 15.0. The first kappa shape index (κ1) is 10.5. The van der Waals surface area contributed by atoms with E-state index in [9.17, 15) is 0 Å². The molecule has 0 aromatic heterocycles. The van der Waals surface area contributed by atoms with Gasteiger partial charge in [-0.1, -0.05) is 31.4 Å². The second kappa shape index (κ2) is 5.74. The van der Waals surface area contributed by atoms with Gasteiger partial charge in [-0.15, -0.1) is 0 Å². The van der Waals surface area contributed by atoms with Gasteiger partial charge in [0.15, 0.2) is 0 Å². The van der Waals surface area contributed by atoms with Crippen LogP contribution in [0.4, 0.5) is 0 Å². The molecule has 1 saturated carbocycles. The molecule has 0 saturated heterocycles. The third kappa shape index (κ3) is 3.54. The van der Waals surface area contributed by atoms with Gasteiger partial charge in [-0.05, 0) is 31.8 Å². The zero-order valence-corrected chi connectivity index (χ0v) is 9.28. The van der Waals surface area contributed by atoms with Crippen LogP contribution in [0.1, 0.15) is 44.9 Å². The van der Waals surface area contributed by atoms with Gasteiger partial charge in [-0.2, -0.15) is 0 Å². The van der Waals surface area contributed by atoms with E-state index in [0.29, 0.717) is 6.04 Å². The van der Waals surface area contributed by atoms with Gasteiger partial charge in [0.1, 0.15) is 5.84 Å². The Labute approximate surface area is 92.2 Å². The van der Waals surface area contributed by atoms with E-state index in [1.54, 1.807) is 0 Å². The fourth-order valence-electron chi connectivity index (χ4n) is 2.18. The summed E-state index contributed by atoms with van der Waals surface area (Å²) < 4.78 is 0. The summed E-state index contributed by atoms with van der Waals surface area (Å²) in [7, 11) is 0. The number of hydrogen-bond acceptors (Lipinski definition) is 2. The van der Waals surface area contributed by atoms with Crippen LogP contribution in [0.25, 0.3) is 0 Å². The van der Waals surface area contributed by atoms with Crippen LogP contribution in [0.5, 0.6) is 0 Å². The van der Waals surface area contributed by atoms with Crippen molar-refractivity contribution < 1.29 is 0 Å². The van der Waals surface area contributed by atoms with Gasteiger partial charge in [0.25, 0.3) is 0 Å². The Bertz CT molecular complexity index is 270. The van der Waals surface area contributed by atoms with Crippen molar-refractivity contribution in [2.75, 3.05) is 0 Å². The quantitative estimate of drug-likeness (QED) is 0.697. The molecule has 2 rings (SSSR count). The maximum atomic E-state index is 4.42. The van der Waals surface area contributed by atoms with Gasteiger partial charge >= 0.3 is 0 Å².